The maximum Gasteiger partial charge on any atom is 0.407 e. The van der Waals surface area contributed by atoms with Crippen LogP contribution in [0.3, 0.4) is 0 Å². The largest absolute Gasteiger partial charge is 0.444 e. The van der Waals surface area contributed by atoms with Crippen LogP contribution < -0.4 is 16.0 Å². The average Bonchev–Trinajstić information content (AvgIpc) is 3.15. The number of hydrogen-bond donors (Lipinski definition) is 4. The van der Waals surface area contributed by atoms with Crippen LogP contribution in [0.25, 0.3) is 0 Å². The van der Waals surface area contributed by atoms with Crippen LogP contribution in [0.4, 0.5) is 20.7 Å². The van der Waals surface area contributed by atoms with Crippen LogP contribution in [0.2, 0.25) is 0 Å². The third-order valence-electron chi connectivity index (χ3n) is 5.79. The molecule has 2 fully saturated rings. The van der Waals surface area contributed by atoms with E-state index in [4.69, 9.17) is 9.47 Å². The number of carbonyl (C=O) groups is 2. The van der Waals surface area contributed by atoms with E-state index < -0.39 is 6.09 Å². The van der Waals surface area contributed by atoms with Gasteiger partial charge in [-0.1, -0.05) is 0 Å². The minimum atomic E-state index is -0.392. The fourth-order valence-corrected chi connectivity index (χ4v) is 3.72. The Hall–Kier alpha value is -3.14. The molecule has 1 saturated heterocycles. The molecule has 1 aromatic carbocycles. The van der Waals surface area contributed by atoms with Gasteiger partial charge in [-0.05, 0) is 56.4 Å². The summed E-state index contributed by atoms with van der Waals surface area (Å²) in [7, 11) is 0. The Kier molecular flexibility index (Phi) is 6.59. The van der Waals surface area contributed by atoms with Gasteiger partial charge in [0.2, 0.25) is 6.41 Å². The van der Waals surface area contributed by atoms with Crippen LogP contribution in [0, 0.1) is 5.82 Å². The standard InChI is InChI=1S/C13H18N4O4.C9H10FN/c1-13(2-3-13)15-12(19)21-8-4-10(20-6-8)9-5-11(14-7-18)17-16-9;10-8-3-4-9-7(6-8)2-1-5-11-9/h5,7-8,10H,2-4,6H2,1H3,(H,15,19)(H2,14,16,17,18);3-4,6,11H,1-2,5H2. The fourth-order valence-electron chi connectivity index (χ4n) is 3.72. The van der Waals surface area contributed by atoms with Gasteiger partial charge in [-0.2, -0.15) is 5.10 Å². The quantitative estimate of drug-likeness (QED) is 0.525. The molecule has 4 N–H and O–H groups in total. The first-order valence-electron chi connectivity index (χ1n) is 10.8. The first-order valence-corrected chi connectivity index (χ1v) is 10.8. The zero-order valence-electron chi connectivity index (χ0n) is 17.9. The second-order valence-electron chi connectivity index (χ2n) is 8.57. The zero-order chi connectivity index (χ0) is 22.6. The van der Waals surface area contributed by atoms with E-state index in [1.807, 2.05) is 13.0 Å². The summed E-state index contributed by atoms with van der Waals surface area (Å²) in [5.41, 5.74) is 2.86. The smallest absolute Gasteiger partial charge is 0.407 e. The number of halogens is 1. The molecule has 1 aliphatic carbocycles. The predicted molar refractivity (Wildman–Crippen MR) is 116 cm³/mol. The molecule has 32 heavy (non-hydrogen) atoms. The lowest BCUT2D eigenvalue weighted by Gasteiger charge is -2.17. The number of benzene rings is 1. The van der Waals surface area contributed by atoms with Crippen molar-refractivity contribution in [2.45, 2.75) is 56.8 Å². The summed E-state index contributed by atoms with van der Waals surface area (Å²) in [6, 6.07) is 6.62. The summed E-state index contributed by atoms with van der Waals surface area (Å²) < 4.78 is 23.6. The molecule has 10 heteroatoms. The van der Waals surface area contributed by atoms with Crippen molar-refractivity contribution in [3.8, 4) is 0 Å². The van der Waals surface area contributed by atoms with Gasteiger partial charge in [0.15, 0.2) is 5.82 Å². The molecule has 9 nitrogen and oxygen atoms in total. The van der Waals surface area contributed by atoms with Crippen LogP contribution in [-0.2, 0) is 20.7 Å². The Morgan fingerprint density at radius 2 is 2.22 bits per heavy atom. The molecule has 2 aliphatic heterocycles. The minimum absolute atomic E-state index is 0.0886. The Morgan fingerprint density at radius 1 is 1.38 bits per heavy atom. The molecule has 1 aromatic heterocycles. The van der Waals surface area contributed by atoms with E-state index in [9.17, 15) is 14.0 Å². The van der Waals surface area contributed by atoms with E-state index in [-0.39, 0.29) is 23.6 Å². The molecule has 5 rings (SSSR count). The molecular weight excluding hydrogens is 417 g/mol. The number of rotatable bonds is 5. The van der Waals surface area contributed by atoms with Crippen molar-refractivity contribution in [1.29, 1.82) is 0 Å². The summed E-state index contributed by atoms with van der Waals surface area (Å²) in [5.74, 6) is 0.305. The highest BCUT2D eigenvalue weighted by Crippen LogP contribution is 2.35. The Labute approximate surface area is 185 Å². The number of nitrogens with one attached hydrogen (secondary N) is 4. The molecule has 3 heterocycles. The zero-order valence-corrected chi connectivity index (χ0v) is 17.9. The molecule has 2 atom stereocenters. The third kappa shape index (κ3) is 5.76. The number of anilines is 2. The van der Waals surface area contributed by atoms with E-state index in [0.29, 0.717) is 25.3 Å². The second kappa shape index (κ2) is 9.56. The summed E-state index contributed by atoms with van der Waals surface area (Å²) >= 11 is 0. The summed E-state index contributed by atoms with van der Waals surface area (Å²) in [4.78, 5) is 22.1. The topological polar surface area (TPSA) is 117 Å². The van der Waals surface area contributed by atoms with Crippen molar-refractivity contribution in [2.75, 3.05) is 23.8 Å². The van der Waals surface area contributed by atoms with Crippen LogP contribution in [0.5, 0.6) is 0 Å². The van der Waals surface area contributed by atoms with Crippen LogP contribution in [-0.4, -0.2) is 47.5 Å². The normalized spacial score (nSPS) is 22.4. The Balaban J connectivity index is 0.000000186. The lowest BCUT2D eigenvalue weighted by molar-refractivity contribution is -0.105. The molecule has 1 saturated carbocycles. The Morgan fingerprint density at radius 3 is 3.00 bits per heavy atom. The molecule has 0 spiro atoms. The van der Waals surface area contributed by atoms with Gasteiger partial charge in [0.25, 0.3) is 0 Å². The molecular formula is C22H28FN5O4. The van der Waals surface area contributed by atoms with E-state index in [1.165, 1.54) is 6.07 Å². The fraction of sp³-hybridized carbons (Fsp3) is 0.500. The van der Waals surface area contributed by atoms with Gasteiger partial charge < -0.3 is 25.4 Å². The highest BCUT2D eigenvalue weighted by molar-refractivity contribution is 5.69. The lowest BCUT2D eigenvalue weighted by atomic mass is 10.0. The second-order valence-corrected chi connectivity index (χ2v) is 8.57. The number of hydrogen-bond acceptors (Lipinski definition) is 6. The van der Waals surface area contributed by atoms with Crippen molar-refractivity contribution >= 4 is 24.0 Å². The van der Waals surface area contributed by atoms with Gasteiger partial charge >= 0.3 is 6.09 Å². The monoisotopic (exact) mass is 445 g/mol. The van der Waals surface area contributed by atoms with Crippen LogP contribution in [0.15, 0.2) is 24.3 Å². The number of amides is 2. The van der Waals surface area contributed by atoms with E-state index >= 15 is 0 Å². The molecule has 2 aromatic rings. The number of aromatic nitrogens is 2. The molecule has 0 radical (unpaired) electrons. The van der Waals surface area contributed by atoms with Gasteiger partial charge in [-0.3, -0.25) is 9.89 Å². The van der Waals surface area contributed by atoms with E-state index in [0.717, 1.165) is 49.2 Å². The highest BCUT2D eigenvalue weighted by atomic mass is 19.1. The first-order chi connectivity index (χ1) is 15.4. The molecule has 3 aliphatic rings. The number of H-pyrrole nitrogens is 1. The molecule has 2 amide bonds. The number of alkyl carbamates (subject to hydrolysis) is 1. The van der Waals surface area contributed by atoms with Crippen molar-refractivity contribution in [3.63, 3.8) is 0 Å². The van der Waals surface area contributed by atoms with Gasteiger partial charge in [0.1, 0.15) is 18.0 Å². The van der Waals surface area contributed by atoms with Crippen molar-refractivity contribution in [2.24, 2.45) is 0 Å². The van der Waals surface area contributed by atoms with Crippen LogP contribution >= 0.6 is 0 Å². The predicted octanol–water partition coefficient (Wildman–Crippen LogP) is 3.27. The first kappa shape index (κ1) is 22.1. The maximum absolute atomic E-state index is 12.7. The van der Waals surface area contributed by atoms with E-state index in [2.05, 4.69) is 26.1 Å². The van der Waals surface area contributed by atoms with E-state index in [1.54, 1.807) is 12.1 Å². The summed E-state index contributed by atoms with van der Waals surface area (Å²) in [5, 5.41) is 15.3. The van der Waals surface area contributed by atoms with Crippen molar-refractivity contribution in [3.05, 3.63) is 41.3 Å². The number of nitrogens with zero attached hydrogens (tertiary/aromatic N) is 1. The Bertz CT molecular complexity index is 962. The molecule has 172 valence electrons. The summed E-state index contributed by atoms with van der Waals surface area (Å²) in [6.45, 7) is 3.36. The van der Waals surface area contributed by atoms with Crippen LogP contribution in [0.1, 0.15) is 50.0 Å². The van der Waals surface area contributed by atoms with Gasteiger partial charge in [0.05, 0.1) is 12.3 Å². The van der Waals surface area contributed by atoms with Gasteiger partial charge in [-0.25, -0.2) is 9.18 Å². The van der Waals surface area contributed by atoms with Crippen molar-refractivity contribution < 1.29 is 23.5 Å². The van der Waals surface area contributed by atoms with Crippen molar-refractivity contribution in [1.82, 2.24) is 15.5 Å². The van der Waals surface area contributed by atoms with Gasteiger partial charge in [-0.15, -0.1) is 0 Å². The minimum Gasteiger partial charge on any atom is -0.444 e. The summed E-state index contributed by atoms with van der Waals surface area (Å²) in [6.07, 6.45) is 4.33. The number of carbonyl (C=O) groups excluding carboxylic acids is 2. The average molecular weight is 445 g/mol. The number of ether oxygens (including phenoxy) is 2. The molecule has 0 bridgehead atoms. The SMILES string of the molecule is CC1(NC(=O)OC2COC(c3cc(NC=O)n[nH]3)C2)CC1.Fc1ccc2c(c1)CCCN2. The number of aryl methyl sites for hydroxylation is 1. The number of aromatic amines is 1. The lowest BCUT2D eigenvalue weighted by Crippen LogP contribution is -2.37. The molecule has 2 unspecified atom stereocenters. The third-order valence-corrected chi connectivity index (χ3v) is 5.79. The maximum atomic E-state index is 12.7. The number of fused-ring (bicyclic) bond motifs is 1. The van der Waals surface area contributed by atoms with Gasteiger partial charge in [0, 0.05) is 30.3 Å². The highest BCUT2D eigenvalue weighted by Gasteiger charge is 2.40.